The van der Waals surface area contributed by atoms with Crippen molar-refractivity contribution in [3.63, 3.8) is 0 Å². The number of alkyl halides is 3. The van der Waals surface area contributed by atoms with Gasteiger partial charge in [0.2, 0.25) is 0 Å². The highest BCUT2D eigenvalue weighted by molar-refractivity contribution is 6.29. The maximum Gasteiger partial charge on any atom is 0.302 e. The summed E-state index contributed by atoms with van der Waals surface area (Å²) in [5, 5.41) is -0.418. The van der Waals surface area contributed by atoms with Gasteiger partial charge in [0.05, 0.1) is 11.3 Å². The Kier molecular flexibility index (Phi) is 6.11. The number of esters is 1. The van der Waals surface area contributed by atoms with Gasteiger partial charge in [0.15, 0.2) is 0 Å². The van der Waals surface area contributed by atoms with Gasteiger partial charge in [-0.25, -0.2) is 0 Å². The molecule has 0 saturated carbocycles. The number of halogens is 3. The van der Waals surface area contributed by atoms with Crippen molar-refractivity contribution in [3.8, 4) is 0 Å². The Balaban J connectivity index is 3.84. The van der Waals surface area contributed by atoms with Crippen LogP contribution in [0.5, 0.6) is 0 Å². The van der Waals surface area contributed by atoms with E-state index in [1.165, 1.54) is 6.92 Å². The minimum absolute atomic E-state index is 0.167. The molecule has 2 nitrogen and oxygen atoms in total. The number of carbonyl (C=O) groups excluding carboxylic acids is 1. The summed E-state index contributed by atoms with van der Waals surface area (Å²) in [6, 6.07) is 0. The van der Waals surface area contributed by atoms with Gasteiger partial charge in [-0.3, -0.25) is 4.79 Å². The van der Waals surface area contributed by atoms with Crippen LogP contribution < -0.4 is 0 Å². The predicted octanol–water partition coefficient (Wildman–Crippen LogP) is 2.00. The zero-order valence-electron chi connectivity index (χ0n) is 6.02. The molecule has 0 aromatic heterocycles. The summed E-state index contributed by atoms with van der Waals surface area (Å²) in [5.74, 6) is -0.0152. The molecule has 0 spiro atoms. The highest BCUT2D eigenvalue weighted by atomic mass is 35.5. The molecule has 2 atom stereocenters. The Morgan fingerprint density at radius 3 is 2.27 bits per heavy atom. The first-order valence-electron chi connectivity index (χ1n) is 3.05. The van der Waals surface area contributed by atoms with Crippen LogP contribution in [0.15, 0.2) is 0 Å². The predicted molar refractivity (Wildman–Crippen MR) is 46.6 cm³/mol. The summed E-state index contributed by atoms with van der Waals surface area (Å²) in [5.41, 5.74) is 0. The minimum atomic E-state index is -0.492. The Hall–Kier alpha value is 0.340. The van der Waals surface area contributed by atoms with E-state index in [2.05, 4.69) is 0 Å². The van der Waals surface area contributed by atoms with Crippen LogP contribution in [-0.4, -0.2) is 29.2 Å². The van der Waals surface area contributed by atoms with Crippen LogP contribution in [0.2, 0.25) is 0 Å². The van der Waals surface area contributed by atoms with Crippen LogP contribution >= 0.6 is 34.8 Å². The third-order valence-corrected chi connectivity index (χ3v) is 2.25. The molecule has 0 heterocycles. The molecule has 0 fully saturated rings. The summed E-state index contributed by atoms with van der Waals surface area (Å²) in [6.45, 7) is 1.30. The molecule has 0 aromatic carbocycles. The largest absolute Gasteiger partial charge is 0.460 e. The fourth-order valence-electron chi connectivity index (χ4n) is 0.515. The topological polar surface area (TPSA) is 26.3 Å². The molecule has 0 bridgehead atoms. The van der Waals surface area contributed by atoms with Crippen molar-refractivity contribution in [1.29, 1.82) is 0 Å². The number of rotatable bonds is 4. The summed E-state index contributed by atoms with van der Waals surface area (Å²) < 4.78 is 4.76. The molecule has 11 heavy (non-hydrogen) atoms. The van der Waals surface area contributed by atoms with Gasteiger partial charge in [0, 0.05) is 12.8 Å². The van der Waals surface area contributed by atoms with E-state index < -0.39 is 17.5 Å². The Labute approximate surface area is 80.7 Å². The summed E-state index contributed by atoms with van der Waals surface area (Å²) >= 11 is 16.6. The molecule has 0 N–H and O–H groups in total. The monoisotopic (exact) mass is 218 g/mol. The van der Waals surface area contributed by atoms with Crippen molar-refractivity contribution in [2.24, 2.45) is 0 Å². The average molecular weight is 219 g/mol. The van der Waals surface area contributed by atoms with Gasteiger partial charge in [-0.05, 0) is 0 Å². The normalized spacial score (nSPS) is 15.6. The molecular weight excluding hydrogens is 210 g/mol. The molecule has 0 unspecified atom stereocenters. The van der Waals surface area contributed by atoms with Gasteiger partial charge in [-0.2, -0.15) is 0 Å². The molecule has 0 radical (unpaired) electrons. The maximum absolute atomic E-state index is 10.5. The lowest BCUT2D eigenvalue weighted by atomic mass is 10.3. The van der Waals surface area contributed by atoms with E-state index in [9.17, 15) is 4.79 Å². The van der Waals surface area contributed by atoms with E-state index in [0.717, 1.165) is 0 Å². The van der Waals surface area contributed by atoms with Crippen LogP contribution in [0.25, 0.3) is 0 Å². The van der Waals surface area contributed by atoms with Gasteiger partial charge in [-0.15, -0.1) is 34.8 Å². The van der Waals surface area contributed by atoms with E-state index in [0.29, 0.717) is 0 Å². The summed E-state index contributed by atoms with van der Waals surface area (Å²) in [7, 11) is 0. The van der Waals surface area contributed by atoms with Crippen LogP contribution in [-0.2, 0) is 9.53 Å². The van der Waals surface area contributed by atoms with Gasteiger partial charge >= 0.3 is 5.97 Å². The number of hydrogen-bond donors (Lipinski definition) is 0. The third kappa shape index (κ3) is 4.72. The van der Waals surface area contributed by atoms with Crippen LogP contribution in [0.3, 0.4) is 0 Å². The molecule has 0 aliphatic carbocycles. The zero-order valence-corrected chi connectivity index (χ0v) is 8.29. The second-order valence-electron chi connectivity index (χ2n) is 1.97. The molecule has 0 rings (SSSR count). The fourth-order valence-corrected chi connectivity index (χ4v) is 1.22. The van der Waals surface area contributed by atoms with Crippen LogP contribution in [0.1, 0.15) is 6.92 Å². The number of hydrogen-bond acceptors (Lipinski definition) is 2. The number of carbonyl (C=O) groups is 1. The highest BCUT2D eigenvalue weighted by Crippen LogP contribution is 2.10. The van der Waals surface area contributed by atoms with Crippen molar-refractivity contribution in [2.75, 3.05) is 11.8 Å². The molecule has 66 valence electrons. The molecule has 0 amide bonds. The summed E-state index contributed by atoms with van der Waals surface area (Å²) in [4.78, 5) is 10.5. The van der Waals surface area contributed by atoms with Gasteiger partial charge in [0.1, 0.15) is 6.10 Å². The Morgan fingerprint density at radius 2 is 2.00 bits per heavy atom. The maximum atomic E-state index is 10.5. The van der Waals surface area contributed by atoms with Crippen LogP contribution in [0, 0.1) is 0 Å². The Morgan fingerprint density at radius 1 is 1.45 bits per heavy atom. The lowest BCUT2D eigenvalue weighted by Crippen LogP contribution is -2.29. The van der Waals surface area contributed by atoms with E-state index >= 15 is 0 Å². The van der Waals surface area contributed by atoms with Crippen LogP contribution in [0.4, 0.5) is 0 Å². The van der Waals surface area contributed by atoms with Gasteiger partial charge in [0.25, 0.3) is 0 Å². The van der Waals surface area contributed by atoms with Crippen molar-refractivity contribution < 1.29 is 9.53 Å². The lowest BCUT2D eigenvalue weighted by Gasteiger charge is -2.17. The van der Waals surface area contributed by atoms with Gasteiger partial charge in [-0.1, -0.05) is 0 Å². The first-order chi connectivity index (χ1) is 5.11. The first kappa shape index (κ1) is 11.3. The number of ether oxygens (including phenoxy) is 1. The molecule has 0 aliphatic rings. The average Bonchev–Trinajstić information content (AvgIpc) is 1.98. The van der Waals surface area contributed by atoms with E-state index in [1.807, 2.05) is 0 Å². The fraction of sp³-hybridized carbons (Fsp3) is 0.833. The van der Waals surface area contributed by atoms with Crippen molar-refractivity contribution >= 4 is 40.8 Å². The first-order valence-corrected chi connectivity index (χ1v) is 4.55. The third-order valence-electron chi connectivity index (χ3n) is 1.02. The zero-order chi connectivity index (χ0) is 8.85. The van der Waals surface area contributed by atoms with Crippen molar-refractivity contribution in [2.45, 2.75) is 18.4 Å². The molecule has 0 aliphatic heterocycles. The lowest BCUT2D eigenvalue weighted by molar-refractivity contribution is -0.145. The Bertz CT molecular complexity index is 129. The van der Waals surface area contributed by atoms with Crippen molar-refractivity contribution in [3.05, 3.63) is 0 Å². The van der Waals surface area contributed by atoms with E-state index in [-0.39, 0.29) is 11.8 Å². The second-order valence-corrected chi connectivity index (χ2v) is 3.15. The smallest absolute Gasteiger partial charge is 0.302 e. The van der Waals surface area contributed by atoms with Crippen molar-refractivity contribution in [1.82, 2.24) is 0 Å². The molecular formula is C6H9Cl3O2. The molecule has 0 saturated heterocycles. The standard InChI is InChI=1S/C6H9Cl3O2/c1-4(10)11-6(3-8)5(9)2-7/h5-6H,2-3H2,1H3/t5-,6-/m1/s1. The SMILES string of the molecule is CC(=O)O[C@H](CCl)[C@H](Cl)CCl. The van der Waals surface area contributed by atoms with E-state index in [1.54, 1.807) is 0 Å². The van der Waals surface area contributed by atoms with Gasteiger partial charge < -0.3 is 4.74 Å². The highest BCUT2D eigenvalue weighted by Gasteiger charge is 2.19. The second kappa shape index (κ2) is 5.92. The summed E-state index contributed by atoms with van der Waals surface area (Å²) in [6.07, 6.45) is -0.492. The minimum Gasteiger partial charge on any atom is -0.460 e. The molecule has 5 heteroatoms. The molecule has 0 aromatic rings. The quantitative estimate of drug-likeness (QED) is 0.534. The van der Waals surface area contributed by atoms with E-state index in [4.69, 9.17) is 39.5 Å².